The van der Waals surface area contributed by atoms with Gasteiger partial charge in [0.1, 0.15) is 18.2 Å². The maximum absolute atomic E-state index is 11.6. The van der Waals surface area contributed by atoms with Crippen molar-refractivity contribution >= 4 is 33.8 Å². The van der Waals surface area contributed by atoms with Crippen molar-refractivity contribution in [2.75, 3.05) is 6.61 Å². The van der Waals surface area contributed by atoms with Crippen LogP contribution in [0, 0.1) is 10.1 Å². The van der Waals surface area contributed by atoms with Gasteiger partial charge in [-0.1, -0.05) is 28.6 Å². The largest absolute Gasteiger partial charge is 0.489 e. The topological polar surface area (TPSA) is 118 Å². The van der Waals surface area contributed by atoms with Gasteiger partial charge in [-0.05, 0) is 30.4 Å². The summed E-state index contributed by atoms with van der Waals surface area (Å²) < 4.78 is 6.31. The van der Waals surface area contributed by atoms with E-state index in [-0.39, 0.29) is 5.82 Å². The molecular weight excluding hydrogens is 382 g/mol. The summed E-state index contributed by atoms with van der Waals surface area (Å²) in [6.07, 6.45) is 4.59. The number of hydrogen-bond acceptors (Lipinski definition) is 6. The van der Waals surface area contributed by atoms with Crippen LogP contribution in [0.25, 0.3) is 12.2 Å². The van der Waals surface area contributed by atoms with Crippen molar-refractivity contribution in [2.45, 2.75) is 0 Å². The zero-order valence-electron chi connectivity index (χ0n) is 12.2. The van der Waals surface area contributed by atoms with Crippen LogP contribution in [0.5, 0.6) is 11.6 Å². The van der Waals surface area contributed by atoms with Crippen molar-refractivity contribution in [2.24, 2.45) is 0 Å². The molecule has 0 saturated heterocycles. The summed E-state index contributed by atoms with van der Waals surface area (Å²) in [7, 11) is 0. The molecule has 0 aliphatic rings. The lowest BCUT2D eigenvalue weighted by Gasteiger charge is -2.07. The first-order valence-electron chi connectivity index (χ1n) is 6.61. The summed E-state index contributed by atoms with van der Waals surface area (Å²) in [5.41, 5.74) is -1.36. The van der Waals surface area contributed by atoms with Gasteiger partial charge in [0, 0.05) is 10.0 Å². The number of aromatic nitrogens is 2. The van der Waals surface area contributed by atoms with Crippen LogP contribution in [-0.4, -0.2) is 26.6 Å². The molecule has 1 heterocycles. The highest BCUT2D eigenvalue weighted by molar-refractivity contribution is 9.10. The normalized spacial score (nSPS) is 10.7. The first-order chi connectivity index (χ1) is 11.4. The molecule has 0 aliphatic heterocycles. The van der Waals surface area contributed by atoms with Crippen molar-refractivity contribution in [3.63, 3.8) is 0 Å². The highest BCUT2D eigenvalue weighted by Crippen LogP contribution is 2.25. The van der Waals surface area contributed by atoms with Gasteiger partial charge in [0.15, 0.2) is 0 Å². The molecular formula is C15H12BrN3O5. The molecule has 0 amide bonds. The van der Waals surface area contributed by atoms with Crippen LogP contribution in [0.1, 0.15) is 11.4 Å². The van der Waals surface area contributed by atoms with Gasteiger partial charge in [0.2, 0.25) is 0 Å². The van der Waals surface area contributed by atoms with E-state index in [1.165, 1.54) is 6.08 Å². The Bertz CT molecular complexity index is 876. The predicted octanol–water partition coefficient (Wildman–Crippen LogP) is 2.88. The summed E-state index contributed by atoms with van der Waals surface area (Å²) in [6, 6.07) is 5.32. The number of nitrogens with zero attached hydrogens (tertiary/aromatic N) is 2. The van der Waals surface area contributed by atoms with E-state index in [2.05, 4.69) is 32.5 Å². The molecule has 24 heavy (non-hydrogen) atoms. The molecule has 0 atom stereocenters. The third-order valence-corrected chi connectivity index (χ3v) is 3.32. The summed E-state index contributed by atoms with van der Waals surface area (Å²) in [5, 5.41) is 20.2. The summed E-state index contributed by atoms with van der Waals surface area (Å²) in [5.74, 6) is -0.402. The number of ether oxygens (including phenoxy) is 1. The first-order valence-corrected chi connectivity index (χ1v) is 7.40. The van der Waals surface area contributed by atoms with Crippen molar-refractivity contribution < 1.29 is 14.8 Å². The zero-order chi connectivity index (χ0) is 17.7. The second-order valence-corrected chi connectivity index (χ2v) is 5.41. The molecule has 0 fully saturated rings. The van der Waals surface area contributed by atoms with Crippen LogP contribution in [0.15, 0.2) is 40.1 Å². The number of benzene rings is 1. The van der Waals surface area contributed by atoms with E-state index in [1.54, 1.807) is 30.4 Å². The van der Waals surface area contributed by atoms with Crippen molar-refractivity contribution in [3.8, 4) is 11.6 Å². The number of nitrogens with one attached hydrogen (secondary N) is 1. The molecule has 124 valence electrons. The molecule has 2 aromatic rings. The van der Waals surface area contributed by atoms with E-state index in [0.717, 1.165) is 4.47 Å². The minimum absolute atomic E-state index is 0.0299. The minimum Gasteiger partial charge on any atom is -0.489 e. The Labute approximate surface area is 144 Å². The average molecular weight is 394 g/mol. The Morgan fingerprint density at radius 3 is 2.83 bits per heavy atom. The number of halogens is 1. The van der Waals surface area contributed by atoms with Crippen molar-refractivity contribution in [1.82, 2.24) is 9.97 Å². The van der Waals surface area contributed by atoms with E-state index < -0.39 is 22.0 Å². The van der Waals surface area contributed by atoms with Crippen LogP contribution >= 0.6 is 15.9 Å². The first kappa shape index (κ1) is 17.4. The molecule has 2 rings (SSSR count). The number of H-pyrrole nitrogens is 1. The van der Waals surface area contributed by atoms with Crippen LogP contribution in [-0.2, 0) is 0 Å². The average Bonchev–Trinajstić information content (AvgIpc) is 2.51. The highest BCUT2D eigenvalue weighted by atomic mass is 79.9. The van der Waals surface area contributed by atoms with Gasteiger partial charge in [-0.2, -0.15) is 4.98 Å². The monoisotopic (exact) mass is 393 g/mol. The highest BCUT2D eigenvalue weighted by Gasteiger charge is 2.21. The molecule has 0 aliphatic carbocycles. The van der Waals surface area contributed by atoms with Gasteiger partial charge < -0.3 is 14.8 Å². The number of aromatic amines is 1. The number of aromatic hydroxyl groups is 1. The van der Waals surface area contributed by atoms with Crippen LogP contribution in [0.4, 0.5) is 5.69 Å². The Hall–Kier alpha value is -2.94. The molecule has 1 aromatic heterocycles. The Morgan fingerprint density at radius 1 is 1.46 bits per heavy atom. The Kier molecular flexibility index (Phi) is 5.48. The van der Waals surface area contributed by atoms with Crippen LogP contribution in [0.2, 0.25) is 0 Å². The smallest absolute Gasteiger partial charge is 0.395 e. The molecule has 1 aromatic carbocycles. The SMILES string of the molecule is C=CCOc1ccc(Br)cc1/C=C\c1nc(O)c([N+](=O)[O-])c(=O)[nH]1. The molecule has 0 bridgehead atoms. The molecule has 8 nitrogen and oxygen atoms in total. The third kappa shape index (κ3) is 4.07. The summed E-state index contributed by atoms with van der Waals surface area (Å²) in [6.45, 7) is 3.89. The standard InChI is InChI=1S/C15H12BrN3O5/c1-2-7-24-11-5-4-10(16)8-9(11)3-6-12-17-14(20)13(19(22)23)15(21)18-12/h2-6,8H,1,7H2,(H2,17,18,20,21)/b6-3-. The van der Waals surface area contributed by atoms with E-state index in [4.69, 9.17) is 4.74 Å². The van der Waals surface area contributed by atoms with Crippen LogP contribution in [0.3, 0.4) is 0 Å². The lowest BCUT2D eigenvalue weighted by molar-refractivity contribution is -0.387. The molecule has 0 saturated carbocycles. The number of nitro groups is 1. The minimum atomic E-state index is -1.04. The second kappa shape index (κ2) is 7.55. The van der Waals surface area contributed by atoms with E-state index in [9.17, 15) is 20.0 Å². The van der Waals surface area contributed by atoms with E-state index >= 15 is 0 Å². The maximum atomic E-state index is 11.6. The van der Waals surface area contributed by atoms with Gasteiger partial charge >= 0.3 is 11.2 Å². The van der Waals surface area contributed by atoms with E-state index in [0.29, 0.717) is 17.9 Å². The van der Waals surface area contributed by atoms with Crippen molar-refractivity contribution in [1.29, 1.82) is 0 Å². The third-order valence-electron chi connectivity index (χ3n) is 2.83. The molecule has 9 heteroatoms. The predicted molar refractivity (Wildman–Crippen MR) is 91.9 cm³/mol. The van der Waals surface area contributed by atoms with Gasteiger partial charge in [-0.25, -0.2) is 0 Å². The Balaban J connectivity index is 2.38. The zero-order valence-corrected chi connectivity index (χ0v) is 13.8. The summed E-state index contributed by atoms with van der Waals surface area (Å²) >= 11 is 3.34. The quantitative estimate of drug-likeness (QED) is 0.442. The lowest BCUT2D eigenvalue weighted by atomic mass is 10.2. The van der Waals surface area contributed by atoms with Gasteiger partial charge in [-0.15, -0.1) is 0 Å². The fraction of sp³-hybridized carbons (Fsp3) is 0.0667. The molecule has 2 N–H and O–H groups in total. The maximum Gasteiger partial charge on any atom is 0.395 e. The number of hydrogen-bond donors (Lipinski definition) is 2. The fourth-order valence-electron chi connectivity index (χ4n) is 1.81. The Morgan fingerprint density at radius 2 is 2.21 bits per heavy atom. The molecule has 0 radical (unpaired) electrons. The van der Waals surface area contributed by atoms with Gasteiger partial charge in [0.05, 0.1) is 4.92 Å². The van der Waals surface area contributed by atoms with Gasteiger partial charge in [-0.3, -0.25) is 14.9 Å². The van der Waals surface area contributed by atoms with Crippen molar-refractivity contribution in [3.05, 3.63) is 67.2 Å². The van der Waals surface area contributed by atoms with E-state index in [1.807, 2.05) is 0 Å². The lowest BCUT2D eigenvalue weighted by Crippen LogP contribution is -2.14. The molecule has 0 spiro atoms. The van der Waals surface area contributed by atoms with Gasteiger partial charge in [0.25, 0.3) is 5.88 Å². The second-order valence-electron chi connectivity index (χ2n) is 4.50. The van der Waals surface area contributed by atoms with Crippen LogP contribution < -0.4 is 10.3 Å². The summed E-state index contributed by atoms with van der Waals surface area (Å²) in [4.78, 5) is 27.1. The number of rotatable bonds is 6. The fourth-order valence-corrected chi connectivity index (χ4v) is 2.19. The molecule has 0 unspecified atom stereocenters.